The minimum Gasteiger partial charge on any atom is -0.460 e. The molecule has 45 heavy (non-hydrogen) atoms. The van der Waals surface area contributed by atoms with Crippen molar-refractivity contribution in [3.63, 3.8) is 0 Å². The van der Waals surface area contributed by atoms with Crippen LogP contribution in [-0.4, -0.2) is 94.2 Å². The first-order valence-corrected chi connectivity index (χ1v) is 16.3. The molecule has 2 N–H and O–H groups in total. The molecular formula is C35H49N3O7. The zero-order valence-electron chi connectivity index (χ0n) is 26.9. The molecule has 1 unspecified atom stereocenters. The molecule has 0 aliphatic carbocycles. The van der Waals surface area contributed by atoms with Crippen LogP contribution in [0.1, 0.15) is 64.9 Å². The molecule has 246 valence electrons. The number of carbonyl (C=O) groups excluding carboxylic acids is 4. The molecule has 10 nitrogen and oxygen atoms in total. The summed E-state index contributed by atoms with van der Waals surface area (Å²) in [6.45, 7) is 13.3. The van der Waals surface area contributed by atoms with Crippen LogP contribution in [0.5, 0.6) is 0 Å². The number of aliphatic hydroxyl groups excluding tert-OH is 1. The number of benzene rings is 1. The summed E-state index contributed by atoms with van der Waals surface area (Å²) in [5.41, 5.74) is -0.308. The Hall–Kier alpha value is -3.50. The first-order valence-electron chi connectivity index (χ1n) is 16.3. The van der Waals surface area contributed by atoms with Gasteiger partial charge in [0.2, 0.25) is 17.7 Å². The van der Waals surface area contributed by atoms with Crippen molar-refractivity contribution in [2.45, 2.75) is 102 Å². The van der Waals surface area contributed by atoms with Gasteiger partial charge in [-0.15, -0.1) is 13.2 Å². The molecule has 0 radical (unpaired) electrons. The molecule has 1 spiro atoms. The van der Waals surface area contributed by atoms with Crippen LogP contribution in [-0.2, 0) is 35.1 Å². The van der Waals surface area contributed by atoms with Crippen molar-refractivity contribution in [2.75, 3.05) is 19.7 Å². The summed E-state index contributed by atoms with van der Waals surface area (Å²) in [5, 5.41) is 13.4. The van der Waals surface area contributed by atoms with Gasteiger partial charge in [-0.25, -0.2) is 0 Å². The summed E-state index contributed by atoms with van der Waals surface area (Å²) < 4.78 is 12.4. The Morgan fingerprint density at radius 1 is 1.22 bits per heavy atom. The third kappa shape index (κ3) is 7.02. The Balaban J connectivity index is 1.66. The van der Waals surface area contributed by atoms with E-state index in [9.17, 15) is 24.3 Å². The minimum atomic E-state index is -1.22. The van der Waals surface area contributed by atoms with Crippen molar-refractivity contribution >= 4 is 23.7 Å². The monoisotopic (exact) mass is 623 g/mol. The fraction of sp³-hybridized carbons (Fsp3) is 0.600. The average molecular weight is 624 g/mol. The van der Waals surface area contributed by atoms with Crippen LogP contribution in [0.25, 0.3) is 0 Å². The van der Waals surface area contributed by atoms with E-state index < -0.39 is 47.7 Å². The first-order chi connectivity index (χ1) is 21.6. The number of fused-ring (bicyclic) bond motifs is 1. The molecule has 3 fully saturated rings. The maximum absolute atomic E-state index is 14.6. The van der Waals surface area contributed by atoms with E-state index in [0.29, 0.717) is 38.6 Å². The van der Waals surface area contributed by atoms with E-state index in [1.54, 1.807) is 24.0 Å². The summed E-state index contributed by atoms with van der Waals surface area (Å²) in [6.07, 6.45) is 5.89. The summed E-state index contributed by atoms with van der Waals surface area (Å²) >= 11 is 0. The van der Waals surface area contributed by atoms with E-state index in [2.05, 4.69) is 25.4 Å². The number of rotatable bonds is 17. The number of hydrogen-bond donors (Lipinski definition) is 2. The van der Waals surface area contributed by atoms with Crippen molar-refractivity contribution in [1.29, 1.82) is 0 Å². The molecular weight excluding hydrogens is 574 g/mol. The quantitative estimate of drug-likeness (QED) is 0.202. The van der Waals surface area contributed by atoms with Gasteiger partial charge in [-0.1, -0.05) is 55.8 Å². The number of amides is 3. The number of nitrogens with one attached hydrogen (secondary N) is 1. The number of esters is 1. The van der Waals surface area contributed by atoms with E-state index in [1.165, 1.54) is 4.90 Å². The fourth-order valence-corrected chi connectivity index (χ4v) is 7.42. The molecule has 1 aromatic rings. The van der Waals surface area contributed by atoms with Gasteiger partial charge in [0.05, 0.1) is 37.1 Å². The van der Waals surface area contributed by atoms with Gasteiger partial charge in [0.15, 0.2) is 0 Å². The maximum atomic E-state index is 14.6. The van der Waals surface area contributed by atoms with Gasteiger partial charge in [-0.2, -0.15) is 0 Å². The van der Waals surface area contributed by atoms with Gasteiger partial charge in [0.25, 0.3) is 0 Å². The highest BCUT2D eigenvalue weighted by molar-refractivity contribution is 5.98. The lowest BCUT2D eigenvalue weighted by molar-refractivity contribution is -0.160. The van der Waals surface area contributed by atoms with Crippen LogP contribution in [0.15, 0.2) is 55.6 Å². The lowest BCUT2D eigenvalue weighted by atomic mass is 9.70. The van der Waals surface area contributed by atoms with Crippen LogP contribution >= 0.6 is 0 Å². The molecule has 0 aromatic heterocycles. The Bertz CT molecular complexity index is 1240. The maximum Gasteiger partial charge on any atom is 0.312 e. The Morgan fingerprint density at radius 2 is 1.96 bits per heavy atom. The second-order valence-electron chi connectivity index (χ2n) is 12.6. The van der Waals surface area contributed by atoms with Crippen LogP contribution in [0, 0.1) is 11.8 Å². The van der Waals surface area contributed by atoms with Gasteiger partial charge >= 0.3 is 5.97 Å². The molecule has 10 heteroatoms. The second-order valence-corrected chi connectivity index (χ2v) is 12.6. The summed E-state index contributed by atoms with van der Waals surface area (Å²) in [4.78, 5) is 58.2. The van der Waals surface area contributed by atoms with Crippen molar-refractivity contribution in [3.05, 3.63) is 61.2 Å². The molecule has 4 rings (SSSR count). The van der Waals surface area contributed by atoms with Crippen molar-refractivity contribution in [1.82, 2.24) is 15.1 Å². The lowest BCUT2D eigenvalue weighted by Crippen LogP contribution is -2.60. The standard InChI is InChI=1S/C35H49N3O7/c1-6-9-16-28(40)36-21-24(5)44-34(43)29-27-17-18-35(45-27)30(29)32(41)38(26(22-39)20-25-14-11-10-12-15-25)31(35)33(42)37(19-8-3)23(4)13-7-2/h6,8,10-12,14-15,23-24,26-27,29-31,39H,1,3,7,9,13,16-22H2,2,4-5H3,(H,36,40)/t23?,24-,26-,27-,29+,30+,31-,35+/m1/s1. The number of nitrogens with zero attached hydrogens (tertiary/aromatic N) is 2. The summed E-state index contributed by atoms with van der Waals surface area (Å²) in [7, 11) is 0. The van der Waals surface area contributed by atoms with E-state index >= 15 is 0 Å². The Morgan fingerprint density at radius 3 is 2.60 bits per heavy atom. The zero-order chi connectivity index (χ0) is 32.7. The van der Waals surface area contributed by atoms with Gasteiger partial charge in [-0.3, -0.25) is 19.2 Å². The predicted octanol–water partition coefficient (Wildman–Crippen LogP) is 3.18. The SMILES string of the molecule is C=CCCC(=O)NC[C@@H](C)OC(=O)[C@@H]1[C@H]2C(=O)N([C@@H](CO)Cc3ccccc3)[C@H](C(=O)N(CC=C)C(C)CCC)[C@]23CC[C@H]1O3. The number of hydrogen-bond acceptors (Lipinski definition) is 7. The Labute approximate surface area is 266 Å². The van der Waals surface area contributed by atoms with E-state index in [1.807, 2.05) is 37.3 Å². The number of ether oxygens (including phenoxy) is 2. The van der Waals surface area contributed by atoms with Crippen molar-refractivity contribution in [2.24, 2.45) is 11.8 Å². The highest BCUT2D eigenvalue weighted by Crippen LogP contribution is 2.59. The highest BCUT2D eigenvalue weighted by Gasteiger charge is 2.75. The van der Waals surface area contributed by atoms with E-state index in [4.69, 9.17) is 9.47 Å². The highest BCUT2D eigenvalue weighted by atomic mass is 16.6. The molecule has 3 saturated heterocycles. The van der Waals surface area contributed by atoms with Gasteiger partial charge in [0.1, 0.15) is 17.7 Å². The first kappa shape index (κ1) is 34.4. The summed E-state index contributed by atoms with van der Waals surface area (Å²) in [6, 6.07) is 7.69. The molecule has 0 saturated carbocycles. The van der Waals surface area contributed by atoms with Crippen LogP contribution < -0.4 is 5.32 Å². The smallest absolute Gasteiger partial charge is 0.312 e. The third-order valence-electron chi connectivity index (χ3n) is 9.49. The number of likely N-dealkylation sites (tertiary alicyclic amines) is 1. The molecule has 3 amide bonds. The van der Waals surface area contributed by atoms with Crippen LogP contribution in [0.3, 0.4) is 0 Å². The number of allylic oxidation sites excluding steroid dienone is 1. The molecule has 2 bridgehead atoms. The van der Waals surface area contributed by atoms with E-state index in [-0.39, 0.29) is 36.9 Å². The van der Waals surface area contributed by atoms with Gasteiger partial charge in [0, 0.05) is 19.0 Å². The average Bonchev–Trinajstić information content (AvgIpc) is 3.68. The number of carbonyl (C=O) groups is 4. The lowest BCUT2D eigenvalue weighted by Gasteiger charge is -2.41. The van der Waals surface area contributed by atoms with Gasteiger partial charge in [-0.05, 0) is 51.5 Å². The molecule has 1 aromatic carbocycles. The molecule has 3 aliphatic rings. The minimum absolute atomic E-state index is 0.114. The largest absolute Gasteiger partial charge is 0.460 e. The Kier molecular flexibility index (Phi) is 11.6. The fourth-order valence-electron chi connectivity index (χ4n) is 7.42. The van der Waals surface area contributed by atoms with Crippen LogP contribution in [0.4, 0.5) is 0 Å². The zero-order valence-corrected chi connectivity index (χ0v) is 26.9. The van der Waals surface area contributed by atoms with E-state index in [0.717, 1.165) is 18.4 Å². The second kappa shape index (κ2) is 15.2. The van der Waals surface area contributed by atoms with Crippen molar-refractivity contribution < 1.29 is 33.8 Å². The summed E-state index contributed by atoms with van der Waals surface area (Å²) in [5.74, 6) is -3.21. The molecule has 8 atom stereocenters. The van der Waals surface area contributed by atoms with Crippen LogP contribution in [0.2, 0.25) is 0 Å². The van der Waals surface area contributed by atoms with Gasteiger partial charge < -0.3 is 29.7 Å². The van der Waals surface area contributed by atoms with Crippen molar-refractivity contribution in [3.8, 4) is 0 Å². The topological polar surface area (TPSA) is 125 Å². The normalized spacial score (nSPS) is 26.9. The molecule has 3 heterocycles. The predicted molar refractivity (Wildman–Crippen MR) is 170 cm³/mol. The number of aliphatic hydroxyl groups is 1. The third-order valence-corrected chi connectivity index (χ3v) is 9.49. The molecule has 3 aliphatic heterocycles.